The molecule has 1 aliphatic rings. The predicted octanol–water partition coefficient (Wildman–Crippen LogP) is 6.37. The lowest BCUT2D eigenvalue weighted by atomic mass is 9.73. The Bertz CT molecular complexity index is 1300. The van der Waals surface area contributed by atoms with Crippen molar-refractivity contribution in [2.24, 2.45) is 5.41 Å². The number of aromatic hydroxyl groups is 1. The SMILES string of the molecule is CC[C@@](CF)(CC[C@@]1(C)OCC(C)(C)c2c1c1c(O)cccc1n2-c1ccc(F)c(F)c1)C(=O)O. The van der Waals surface area contributed by atoms with Gasteiger partial charge in [0, 0.05) is 33.8 Å². The summed E-state index contributed by atoms with van der Waals surface area (Å²) in [6, 6.07) is 8.62. The Hall–Kier alpha value is -3.00. The van der Waals surface area contributed by atoms with E-state index in [4.69, 9.17) is 4.74 Å². The van der Waals surface area contributed by atoms with Crippen LogP contribution in [0.5, 0.6) is 5.75 Å². The van der Waals surface area contributed by atoms with Crippen molar-refractivity contribution in [3.8, 4) is 11.4 Å². The van der Waals surface area contributed by atoms with Crippen LogP contribution < -0.4 is 0 Å². The van der Waals surface area contributed by atoms with E-state index in [0.717, 1.165) is 17.8 Å². The summed E-state index contributed by atoms with van der Waals surface area (Å²) in [6.45, 7) is 6.60. The van der Waals surface area contributed by atoms with E-state index in [0.29, 0.717) is 22.2 Å². The van der Waals surface area contributed by atoms with Crippen LogP contribution in [0.25, 0.3) is 16.6 Å². The van der Waals surface area contributed by atoms with Crippen LogP contribution in [-0.2, 0) is 20.5 Å². The van der Waals surface area contributed by atoms with Crippen molar-refractivity contribution in [2.75, 3.05) is 13.3 Å². The molecule has 0 fully saturated rings. The number of fused-ring (bicyclic) bond motifs is 3. The van der Waals surface area contributed by atoms with Gasteiger partial charge < -0.3 is 19.5 Å². The van der Waals surface area contributed by atoms with Crippen molar-refractivity contribution in [1.29, 1.82) is 0 Å². The van der Waals surface area contributed by atoms with Gasteiger partial charge in [0.15, 0.2) is 11.6 Å². The molecule has 2 aromatic carbocycles. The second kappa shape index (κ2) is 8.59. The maximum atomic E-state index is 14.3. The number of phenolic OH excluding ortho intramolecular Hbond substituents is 1. The van der Waals surface area contributed by atoms with E-state index in [-0.39, 0.29) is 31.6 Å². The van der Waals surface area contributed by atoms with Crippen molar-refractivity contribution in [3.63, 3.8) is 0 Å². The minimum Gasteiger partial charge on any atom is -0.507 e. The van der Waals surface area contributed by atoms with Crippen molar-refractivity contribution < 1.29 is 32.9 Å². The number of benzene rings is 2. The second-order valence-electron chi connectivity index (χ2n) is 10.3. The molecule has 0 aliphatic carbocycles. The number of halogens is 3. The third kappa shape index (κ3) is 3.88. The molecule has 2 N–H and O–H groups in total. The smallest absolute Gasteiger partial charge is 0.312 e. The average Bonchev–Trinajstić information content (AvgIpc) is 3.18. The van der Waals surface area contributed by atoms with Gasteiger partial charge in [-0.05, 0) is 50.5 Å². The lowest BCUT2D eigenvalue weighted by Crippen LogP contribution is -2.44. The van der Waals surface area contributed by atoms with Crippen molar-refractivity contribution in [2.45, 2.75) is 58.0 Å². The molecule has 0 saturated heterocycles. The van der Waals surface area contributed by atoms with Gasteiger partial charge in [0.05, 0.1) is 23.1 Å². The predicted molar refractivity (Wildman–Crippen MR) is 127 cm³/mol. The zero-order valence-electron chi connectivity index (χ0n) is 20.3. The molecule has 188 valence electrons. The fourth-order valence-corrected chi connectivity index (χ4v) is 5.18. The molecule has 0 radical (unpaired) electrons. The molecule has 4 rings (SSSR count). The van der Waals surface area contributed by atoms with Gasteiger partial charge in [-0.2, -0.15) is 0 Å². The maximum absolute atomic E-state index is 14.3. The first-order valence-electron chi connectivity index (χ1n) is 11.7. The first-order valence-corrected chi connectivity index (χ1v) is 11.7. The number of carbonyl (C=O) groups is 1. The van der Waals surface area contributed by atoms with Crippen LogP contribution in [0.1, 0.15) is 58.2 Å². The van der Waals surface area contributed by atoms with E-state index in [9.17, 15) is 28.2 Å². The number of carboxylic acids is 1. The number of rotatable bonds is 7. The van der Waals surface area contributed by atoms with E-state index in [2.05, 4.69) is 0 Å². The molecular formula is C27H30F3NO4. The van der Waals surface area contributed by atoms with Crippen molar-refractivity contribution >= 4 is 16.9 Å². The lowest BCUT2D eigenvalue weighted by Gasteiger charge is -2.44. The highest BCUT2D eigenvalue weighted by atomic mass is 19.2. The molecular weight excluding hydrogens is 459 g/mol. The Morgan fingerprint density at radius 2 is 1.89 bits per heavy atom. The molecule has 8 heteroatoms. The minimum absolute atomic E-state index is 0.0157. The Balaban J connectivity index is 2.00. The molecule has 0 unspecified atom stereocenters. The normalized spacial score (nSPS) is 21.0. The van der Waals surface area contributed by atoms with E-state index in [1.165, 1.54) is 12.1 Å². The topological polar surface area (TPSA) is 71.7 Å². The molecule has 3 aromatic rings. The summed E-state index contributed by atoms with van der Waals surface area (Å²) in [6.07, 6.45) is 0.331. The summed E-state index contributed by atoms with van der Waals surface area (Å²) < 4.78 is 50.1. The van der Waals surface area contributed by atoms with Crippen LogP contribution in [0, 0.1) is 17.0 Å². The van der Waals surface area contributed by atoms with E-state index >= 15 is 0 Å². The number of hydrogen-bond acceptors (Lipinski definition) is 3. The quantitative estimate of drug-likeness (QED) is 0.405. The fourth-order valence-electron chi connectivity index (χ4n) is 5.18. The molecule has 1 aliphatic heterocycles. The van der Waals surface area contributed by atoms with E-state index in [1.807, 2.05) is 20.8 Å². The highest BCUT2D eigenvalue weighted by molar-refractivity contribution is 5.94. The summed E-state index contributed by atoms with van der Waals surface area (Å²) in [5.74, 6) is -3.18. The zero-order valence-corrected chi connectivity index (χ0v) is 20.3. The molecule has 35 heavy (non-hydrogen) atoms. The van der Waals surface area contributed by atoms with Gasteiger partial charge in [0.2, 0.25) is 0 Å². The molecule has 0 saturated carbocycles. The lowest BCUT2D eigenvalue weighted by molar-refractivity contribution is -0.152. The van der Waals surface area contributed by atoms with Crippen LogP contribution in [0.15, 0.2) is 36.4 Å². The summed E-state index contributed by atoms with van der Waals surface area (Å²) in [7, 11) is 0. The number of nitrogens with zero attached hydrogens (tertiary/aromatic N) is 1. The zero-order chi connectivity index (χ0) is 25.8. The third-order valence-corrected chi connectivity index (χ3v) is 7.52. The number of aliphatic carboxylic acids is 1. The third-order valence-electron chi connectivity index (χ3n) is 7.52. The van der Waals surface area contributed by atoms with Crippen molar-refractivity contribution in [1.82, 2.24) is 4.57 Å². The Morgan fingerprint density at radius 3 is 2.49 bits per heavy atom. The monoisotopic (exact) mass is 489 g/mol. The van der Waals surface area contributed by atoms with Crippen LogP contribution in [0.4, 0.5) is 13.2 Å². The summed E-state index contributed by atoms with van der Waals surface area (Å²) in [4.78, 5) is 11.9. The Labute approximate surface area is 202 Å². The number of ether oxygens (including phenoxy) is 1. The number of aromatic nitrogens is 1. The maximum Gasteiger partial charge on any atom is 0.312 e. The van der Waals surface area contributed by atoms with E-state index < -0.39 is 40.7 Å². The van der Waals surface area contributed by atoms with Gasteiger partial charge in [-0.25, -0.2) is 13.2 Å². The molecule has 5 nitrogen and oxygen atoms in total. The van der Waals surface area contributed by atoms with Gasteiger partial charge >= 0.3 is 5.97 Å². The summed E-state index contributed by atoms with van der Waals surface area (Å²) in [5.41, 5.74) is -0.852. The van der Waals surface area contributed by atoms with Gasteiger partial charge in [-0.15, -0.1) is 0 Å². The average molecular weight is 490 g/mol. The Kier molecular flexibility index (Phi) is 6.16. The Morgan fingerprint density at radius 1 is 1.17 bits per heavy atom. The highest BCUT2D eigenvalue weighted by Gasteiger charge is 2.48. The first-order chi connectivity index (χ1) is 16.4. The van der Waals surface area contributed by atoms with E-state index in [1.54, 1.807) is 23.6 Å². The molecule has 2 atom stereocenters. The van der Waals surface area contributed by atoms with Crippen LogP contribution in [0.2, 0.25) is 0 Å². The van der Waals surface area contributed by atoms with Crippen LogP contribution in [0.3, 0.4) is 0 Å². The molecule has 2 heterocycles. The van der Waals surface area contributed by atoms with Crippen LogP contribution in [-0.4, -0.2) is 34.0 Å². The molecule has 0 amide bonds. The number of phenols is 1. The number of alkyl halides is 1. The largest absolute Gasteiger partial charge is 0.507 e. The summed E-state index contributed by atoms with van der Waals surface area (Å²) in [5, 5.41) is 21.2. The summed E-state index contributed by atoms with van der Waals surface area (Å²) >= 11 is 0. The number of hydrogen-bond donors (Lipinski definition) is 2. The minimum atomic E-state index is -1.54. The molecule has 0 spiro atoms. The van der Waals surface area contributed by atoms with Gasteiger partial charge in [0.25, 0.3) is 0 Å². The molecule has 1 aromatic heterocycles. The number of carboxylic acid groups (broad SMARTS) is 1. The molecule has 0 bridgehead atoms. The van der Waals surface area contributed by atoms with Crippen molar-refractivity contribution in [3.05, 3.63) is 59.3 Å². The van der Waals surface area contributed by atoms with Gasteiger partial charge in [-0.1, -0.05) is 26.8 Å². The fraction of sp³-hybridized carbons (Fsp3) is 0.444. The first kappa shape index (κ1) is 25.1. The van der Waals surface area contributed by atoms with Gasteiger partial charge in [-0.3, -0.25) is 4.79 Å². The van der Waals surface area contributed by atoms with Crippen LogP contribution >= 0.6 is 0 Å². The highest BCUT2D eigenvalue weighted by Crippen LogP contribution is 2.52. The second-order valence-corrected chi connectivity index (χ2v) is 10.3. The standard InChI is InChI=1S/C27H30F3NO4/c1-5-27(14-28,24(33)34)12-11-26(4)22-21-19(7-6-8-20(21)32)31(23(22)25(2,3)15-35-26)16-9-10-17(29)18(30)13-16/h6-10,13,32H,5,11-12,14-15H2,1-4H3,(H,33,34)/t26-,27+/m1/s1. The van der Waals surface area contributed by atoms with Gasteiger partial charge in [0.1, 0.15) is 12.4 Å².